The van der Waals surface area contributed by atoms with E-state index in [2.05, 4.69) is 0 Å². The number of anilines is 2. The van der Waals surface area contributed by atoms with Gasteiger partial charge in [-0.3, -0.25) is 0 Å². The lowest BCUT2D eigenvalue weighted by Crippen LogP contribution is -2.09. The van der Waals surface area contributed by atoms with Gasteiger partial charge in [0.15, 0.2) is 0 Å². The Morgan fingerprint density at radius 1 is 0.870 bits per heavy atom. The van der Waals surface area contributed by atoms with Crippen LogP contribution in [0.2, 0.25) is 0 Å². The fourth-order valence-electron chi connectivity index (χ4n) is 1.95. The molecule has 0 aliphatic rings. The first-order valence-electron chi connectivity index (χ1n) is 7.38. The minimum atomic E-state index is -0.493. The number of hydrogen-bond acceptors (Lipinski definition) is 4. The summed E-state index contributed by atoms with van der Waals surface area (Å²) < 4.78 is 22.5. The number of alkyl halides is 1. The second-order valence-corrected chi connectivity index (χ2v) is 4.95. The number of hydrogen-bond donors (Lipinski definition) is 2. The SMILES string of the molecule is Nc1ccc(/C=C/c2ccc(N)c(OCCOCC[18F])c2)cc1. The maximum absolute atomic E-state index is 11.9. The molecule has 0 heterocycles. The highest BCUT2D eigenvalue weighted by Gasteiger charge is 2.01. The van der Waals surface area contributed by atoms with Crippen LogP contribution in [0.25, 0.3) is 12.2 Å². The van der Waals surface area contributed by atoms with E-state index in [0.717, 1.165) is 16.8 Å². The van der Waals surface area contributed by atoms with E-state index in [4.69, 9.17) is 20.9 Å². The molecule has 122 valence electrons. The highest BCUT2D eigenvalue weighted by molar-refractivity contribution is 5.72. The Hall–Kier alpha value is -2.53. The minimum absolute atomic E-state index is 0.0865. The zero-order chi connectivity index (χ0) is 16.5. The van der Waals surface area contributed by atoms with E-state index in [9.17, 15) is 4.39 Å². The van der Waals surface area contributed by atoms with Crippen LogP contribution in [-0.2, 0) is 4.74 Å². The Balaban J connectivity index is 1.97. The molecule has 0 fully saturated rings. The molecule has 0 atom stereocenters. The van der Waals surface area contributed by atoms with Crippen LogP contribution in [0.1, 0.15) is 11.1 Å². The van der Waals surface area contributed by atoms with Crippen molar-refractivity contribution < 1.29 is 13.9 Å². The van der Waals surface area contributed by atoms with E-state index in [1.165, 1.54) is 0 Å². The molecule has 2 aromatic carbocycles. The van der Waals surface area contributed by atoms with Crippen LogP contribution in [-0.4, -0.2) is 26.5 Å². The average molecular weight is 315 g/mol. The summed E-state index contributed by atoms with van der Waals surface area (Å²) in [6.45, 7) is 0.251. The van der Waals surface area contributed by atoms with Gasteiger partial charge in [-0.05, 0) is 35.4 Å². The quantitative estimate of drug-likeness (QED) is 0.445. The molecule has 5 heteroatoms. The molecule has 0 radical (unpaired) electrons. The molecular formula is C18H21FN2O2. The van der Waals surface area contributed by atoms with Crippen LogP contribution in [0.15, 0.2) is 42.5 Å². The Kier molecular flexibility index (Phi) is 6.44. The highest BCUT2D eigenvalue weighted by Crippen LogP contribution is 2.24. The Labute approximate surface area is 135 Å². The van der Waals surface area contributed by atoms with Gasteiger partial charge < -0.3 is 20.9 Å². The van der Waals surface area contributed by atoms with E-state index in [1.54, 1.807) is 6.07 Å². The predicted molar refractivity (Wildman–Crippen MR) is 92.9 cm³/mol. The van der Waals surface area contributed by atoms with Gasteiger partial charge in [0.25, 0.3) is 0 Å². The number of ether oxygens (including phenoxy) is 2. The van der Waals surface area contributed by atoms with E-state index >= 15 is 0 Å². The van der Waals surface area contributed by atoms with Crippen LogP contribution >= 0.6 is 0 Å². The first-order chi connectivity index (χ1) is 11.2. The number of rotatable bonds is 8. The maximum Gasteiger partial charge on any atom is 0.142 e. The highest BCUT2D eigenvalue weighted by atomic mass is 18.2. The summed E-state index contributed by atoms with van der Waals surface area (Å²) >= 11 is 0. The normalized spacial score (nSPS) is 11.0. The number of nitrogen functional groups attached to an aromatic ring is 2. The van der Waals surface area contributed by atoms with Gasteiger partial charge >= 0.3 is 0 Å². The molecule has 4 nitrogen and oxygen atoms in total. The van der Waals surface area contributed by atoms with Crippen LogP contribution in [0.3, 0.4) is 0 Å². The van der Waals surface area contributed by atoms with E-state index in [0.29, 0.717) is 24.7 Å². The molecule has 23 heavy (non-hydrogen) atoms. The zero-order valence-electron chi connectivity index (χ0n) is 12.9. The standard InChI is InChI=1S/C18H21FN2O2/c19-9-10-22-11-12-23-18-13-15(5-8-17(18)21)2-1-14-3-6-16(20)7-4-14/h1-8,13H,9-12,20-21H2/b2-1+/i19-1. The number of nitrogens with two attached hydrogens (primary N) is 2. The summed E-state index contributed by atoms with van der Waals surface area (Å²) in [6, 6.07) is 13.2. The van der Waals surface area contributed by atoms with Crippen molar-refractivity contribution in [1.29, 1.82) is 0 Å². The van der Waals surface area contributed by atoms with Gasteiger partial charge in [-0.15, -0.1) is 0 Å². The Morgan fingerprint density at radius 2 is 1.57 bits per heavy atom. The smallest absolute Gasteiger partial charge is 0.142 e. The Bertz CT molecular complexity index is 642. The van der Waals surface area contributed by atoms with Crippen LogP contribution in [0, 0.1) is 0 Å². The predicted octanol–water partition coefficient (Wildman–Crippen LogP) is 3.39. The molecule has 0 unspecified atom stereocenters. The van der Waals surface area contributed by atoms with Gasteiger partial charge in [-0.1, -0.05) is 30.4 Å². The second kappa shape index (κ2) is 8.80. The molecule has 0 aromatic heterocycles. The lowest BCUT2D eigenvalue weighted by atomic mass is 10.1. The molecule has 0 saturated heterocycles. The average Bonchev–Trinajstić information content (AvgIpc) is 2.56. The van der Waals surface area contributed by atoms with Crippen molar-refractivity contribution >= 4 is 23.5 Å². The van der Waals surface area contributed by atoms with Crippen LogP contribution in [0.4, 0.5) is 15.8 Å². The van der Waals surface area contributed by atoms with E-state index in [1.807, 2.05) is 48.6 Å². The largest absolute Gasteiger partial charge is 0.489 e. The summed E-state index contributed by atoms with van der Waals surface area (Å²) in [7, 11) is 0. The van der Waals surface area contributed by atoms with Crippen LogP contribution < -0.4 is 16.2 Å². The monoisotopic (exact) mass is 315 g/mol. The molecule has 0 saturated carbocycles. The first kappa shape index (κ1) is 16.8. The van der Waals surface area contributed by atoms with Crippen LogP contribution in [0.5, 0.6) is 5.75 Å². The van der Waals surface area contributed by atoms with Crippen molar-refractivity contribution in [2.45, 2.75) is 0 Å². The molecule has 0 spiro atoms. The summed E-state index contributed by atoms with van der Waals surface area (Å²) in [5, 5.41) is 0. The summed E-state index contributed by atoms with van der Waals surface area (Å²) in [4.78, 5) is 0. The third kappa shape index (κ3) is 5.64. The maximum atomic E-state index is 11.9. The van der Waals surface area contributed by atoms with Crippen molar-refractivity contribution in [2.24, 2.45) is 0 Å². The fourth-order valence-corrected chi connectivity index (χ4v) is 1.95. The van der Waals surface area contributed by atoms with Crippen molar-refractivity contribution in [1.82, 2.24) is 0 Å². The summed E-state index contributed by atoms with van der Waals surface area (Å²) in [5.41, 5.74) is 14.9. The van der Waals surface area contributed by atoms with Crippen molar-refractivity contribution in [3.05, 3.63) is 53.6 Å². The van der Waals surface area contributed by atoms with Gasteiger partial charge in [0.2, 0.25) is 0 Å². The Morgan fingerprint density at radius 3 is 2.30 bits per heavy atom. The second-order valence-electron chi connectivity index (χ2n) is 4.95. The van der Waals surface area contributed by atoms with Crippen molar-refractivity contribution in [3.63, 3.8) is 0 Å². The van der Waals surface area contributed by atoms with Gasteiger partial charge in [0, 0.05) is 5.69 Å². The first-order valence-corrected chi connectivity index (χ1v) is 7.38. The summed E-state index contributed by atoms with van der Waals surface area (Å²) in [6.07, 6.45) is 3.95. The number of halogens is 1. The molecule has 4 N–H and O–H groups in total. The summed E-state index contributed by atoms with van der Waals surface area (Å²) in [5.74, 6) is 0.591. The fraction of sp³-hybridized carbons (Fsp3) is 0.222. The van der Waals surface area contributed by atoms with Gasteiger partial charge in [-0.2, -0.15) is 0 Å². The van der Waals surface area contributed by atoms with Gasteiger partial charge in [-0.25, -0.2) is 4.39 Å². The van der Waals surface area contributed by atoms with Gasteiger partial charge in [0.1, 0.15) is 19.0 Å². The minimum Gasteiger partial charge on any atom is -0.489 e. The van der Waals surface area contributed by atoms with Gasteiger partial charge in [0.05, 0.1) is 18.9 Å². The third-order valence-electron chi connectivity index (χ3n) is 3.15. The molecule has 0 bridgehead atoms. The lowest BCUT2D eigenvalue weighted by molar-refractivity contribution is 0.0899. The molecule has 2 aromatic rings. The lowest BCUT2D eigenvalue weighted by Gasteiger charge is -2.09. The molecule has 0 aliphatic heterocycles. The number of benzene rings is 2. The van der Waals surface area contributed by atoms with E-state index in [-0.39, 0.29) is 6.61 Å². The zero-order valence-corrected chi connectivity index (χ0v) is 12.9. The third-order valence-corrected chi connectivity index (χ3v) is 3.15. The van der Waals surface area contributed by atoms with E-state index < -0.39 is 6.67 Å². The topological polar surface area (TPSA) is 70.5 Å². The van der Waals surface area contributed by atoms with Crippen molar-refractivity contribution in [2.75, 3.05) is 38.0 Å². The molecule has 2 rings (SSSR count). The molecule has 0 aliphatic carbocycles. The molecular weight excluding hydrogens is 294 g/mol. The van der Waals surface area contributed by atoms with Crippen molar-refractivity contribution in [3.8, 4) is 5.75 Å². The molecule has 0 amide bonds.